The first-order valence-electron chi connectivity index (χ1n) is 8.40. The van der Waals surface area contributed by atoms with Gasteiger partial charge in [0.2, 0.25) is 0 Å². The minimum Gasteiger partial charge on any atom is -0.465 e. The van der Waals surface area contributed by atoms with Gasteiger partial charge in [0.1, 0.15) is 11.6 Å². The molecule has 1 fully saturated rings. The van der Waals surface area contributed by atoms with Gasteiger partial charge in [0, 0.05) is 25.5 Å². The van der Waals surface area contributed by atoms with Gasteiger partial charge in [-0.3, -0.25) is 4.79 Å². The molecule has 3 aromatic rings. The standard InChI is InChI=1S/C19H18N4O3/c24-19(15-3-6-18(20-14-15)22-9-12-25-13-10-22)23-8-7-16(21-23)4-5-17-2-1-11-26-17/h1-8,11,14H,9-10,12-13H2. The molecule has 0 aliphatic carbocycles. The third-order valence-corrected chi connectivity index (χ3v) is 4.11. The molecule has 0 saturated carbocycles. The summed E-state index contributed by atoms with van der Waals surface area (Å²) in [6.07, 6.45) is 8.43. The minimum atomic E-state index is -0.219. The largest absolute Gasteiger partial charge is 0.465 e. The number of rotatable bonds is 4. The van der Waals surface area contributed by atoms with Gasteiger partial charge in [-0.2, -0.15) is 5.10 Å². The van der Waals surface area contributed by atoms with E-state index in [1.807, 2.05) is 18.2 Å². The first-order chi connectivity index (χ1) is 12.8. The Kier molecular flexibility index (Phi) is 4.61. The van der Waals surface area contributed by atoms with E-state index in [0.29, 0.717) is 24.5 Å². The van der Waals surface area contributed by atoms with Crippen LogP contribution in [-0.4, -0.2) is 47.0 Å². The molecule has 0 aromatic carbocycles. The lowest BCUT2D eigenvalue weighted by molar-refractivity contribution is 0.0944. The van der Waals surface area contributed by atoms with Crippen molar-refractivity contribution in [2.45, 2.75) is 0 Å². The second-order valence-electron chi connectivity index (χ2n) is 5.84. The van der Waals surface area contributed by atoms with E-state index in [-0.39, 0.29) is 5.91 Å². The van der Waals surface area contributed by atoms with Crippen LogP contribution in [0.1, 0.15) is 21.8 Å². The molecule has 0 spiro atoms. The van der Waals surface area contributed by atoms with Crippen LogP contribution >= 0.6 is 0 Å². The number of hydrogen-bond acceptors (Lipinski definition) is 6. The smallest absolute Gasteiger partial charge is 0.279 e. The molecule has 1 aliphatic rings. The maximum atomic E-state index is 12.6. The Hall–Kier alpha value is -3.19. The zero-order chi connectivity index (χ0) is 17.8. The Labute approximate surface area is 150 Å². The van der Waals surface area contributed by atoms with E-state index >= 15 is 0 Å². The number of nitrogens with zero attached hydrogens (tertiary/aromatic N) is 4. The summed E-state index contributed by atoms with van der Waals surface area (Å²) in [6, 6.07) is 9.07. The molecule has 0 unspecified atom stereocenters. The van der Waals surface area contributed by atoms with Crippen LogP contribution in [0.2, 0.25) is 0 Å². The molecular weight excluding hydrogens is 332 g/mol. The molecule has 0 bridgehead atoms. The highest BCUT2D eigenvalue weighted by Gasteiger charge is 2.14. The van der Waals surface area contributed by atoms with Crippen molar-refractivity contribution in [2.24, 2.45) is 0 Å². The molecule has 3 aromatic heterocycles. The molecule has 7 nitrogen and oxygen atoms in total. The van der Waals surface area contributed by atoms with Gasteiger partial charge in [0.05, 0.1) is 30.7 Å². The number of furan rings is 1. The number of anilines is 1. The van der Waals surface area contributed by atoms with E-state index in [2.05, 4.69) is 15.0 Å². The number of ether oxygens (including phenoxy) is 1. The van der Waals surface area contributed by atoms with E-state index in [0.717, 1.165) is 24.7 Å². The molecule has 0 amide bonds. The lowest BCUT2D eigenvalue weighted by atomic mass is 10.2. The topological polar surface area (TPSA) is 73.4 Å². The van der Waals surface area contributed by atoms with Crippen molar-refractivity contribution in [1.29, 1.82) is 0 Å². The number of morpholine rings is 1. The summed E-state index contributed by atoms with van der Waals surface area (Å²) in [4.78, 5) is 19.1. The Morgan fingerprint density at radius 1 is 1.12 bits per heavy atom. The fourth-order valence-corrected chi connectivity index (χ4v) is 2.72. The van der Waals surface area contributed by atoms with Gasteiger partial charge in [-0.05, 0) is 42.5 Å². The summed E-state index contributed by atoms with van der Waals surface area (Å²) >= 11 is 0. The molecule has 0 radical (unpaired) electrons. The van der Waals surface area contributed by atoms with E-state index in [9.17, 15) is 4.79 Å². The van der Waals surface area contributed by atoms with E-state index in [1.54, 1.807) is 42.9 Å². The molecule has 1 saturated heterocycles. The van der Waals surface area contributed by atoms with Gasteiger partial charge in [-0.1, -0.05) is 0 Å². The van der Waals surface area contributed by atoms with E-state index in [1.165, 1.54) is 4.68 Å². The van der Waals surface area contributed by atoms with Crippen molar-refractivity contribution in [1.82, 2.24) is 14.8 Å². The average molecular weight is 350 g/mol. The highest BCUT2D eigenvalue weighted by Crippen LogP contribution is 2.14. The Morgan fingerprint density at radius 2 is 2.00 bits per heavy atom. The molecule has 7 heteroatoms. The number of hydrogen-bond donors (Lipinski definition) is 0. The van der Waals surface area contributed by atoms with Crippen LogP contribution in [0.5, 0.6) is 0 Å². The lowest BCUT2D eigenvalue weighted by Gasteiger charge is -2.27. The van der Waals surface area contributed by atoms with Crippen molar-refractivity contribution in [3.8, 4) is 0 Å². The van der Waals surface area contributed by atoms with Crippen molar-refractivity contribution < 1.29 is 13.9 Å². The third-order valence-electron chi connectivity index (χ3n) is 4.11. The zero-order valence-corrected chi connectivity index (χ0v) is 14.1. The fourth-order valence-electron chi connectivity index (χ4n) is 2.72. The van der Waals surface area contributed by atoms with Crippen LogP contribution in [0.4, 0.5) is 5.82 Å². The van der Waals surface area contributed by atoms with Crippen molar-refractivity contribution in [3.05, 3.63) is 66.0 Å². The van der Waals surface area contributed by atoms with Gasteiger partial charge in [-0.15, -0.1) is 0 Å². The quantitative estimate of drug-likeness (QED) is 0.720. The summed E-state index contributed by atoms with van der Waals surface area (Å²) in [5.74, 6) is 1.37. The van der Waals surface area contributed by atoms with Gasteiger partial charge in [0.15, 0.2) is 0 Å². The first kappa shape index (κ1) is 16.3. The normalized spacial score (nSPS) is 14.8. The Bertz CT molecular complexity index is 891. The molecule has 0 N–H and O–H groups in total. The molecular formula is C19H18N4O3. The highest BCUT2D eigenvalue weighted by molar-refractivity contribution is 5.95. The molecule has 0 atom stereocenters. The van der Waals surface area contributed by atoms with Gasteiger partial charge in [0.25, 0.3) is 5.91 Å². The van der Waals surface area contributed by atoms with Crippen molar-refractivity contribution in [2.75, 3.05) is 31.2 Å². The van der Waals surface area contributed by atoms with Gasteiger partial charge >= 0.3 is 0 Å². The molecule has 4 heterocycles. The van der Waals surface area contributed by atoms with Crippen molar-refractivity contribution >= 4 is 23.9 Å². The number of aromatic nitrogens is 3. The monoisotopic (exact) mass is 350 g/mol. The summed E-state index contributed by atoms with van der Waals surface area (Å²) in [6.45, 7) is 3.02. The van der Waals surface area contributed by atoms with Gasteiger partial charge < -0.3 is 14.1 Å². The lowest BCUT2D eigenvalue weighted by Crippen LogP contribution is -2.36. The maximum Gasteiger partial charge on any atom is 0.279 e. The van der Waals surface area contributed by atoms with Crippen LogP contribution in [0.25, 0.3) is 12.2 Å². The van der Waals surface area contributed by atoms with Gasteiger partial charge in [-0.25, -0.2) is 9.67 Å². The highest BCUT2D eigenvalue weighted by atomic mass is 16.5. The maximum absolute atomic E-state index is 12.6. The Balaban J connectivity index is 1.45. The van der Waals surface area contributed by atoms with Crippen LogP contribution in [-0.2, 0) is 4.74 Å². The van der Waals surface area contributed by atoms with Crippen LogP contribution in [0, 0.1) is 0 Å². The summed E-state index contributed by atoms with van der Waals surface area (Å²) in [5, 5.41) is 4.28. The number of carbonyl (C=O) groups excluding carboxylic acids is 1. The van der Waals surface area contributed by atoms with E-state index in [4.69, 9.17) is 9.15 Å². The van der Waals surface area contributed by atoms with Crippen LogP contribution < -0.4 is 4.90 Å². The molecule has 4 rings (SSSR count). The Morgan fingerprint density at radius 3 is 2.73 bits per heavy atom. The SMILES string of the molecule is O=C(c1ccc(N2CCOCC2)nc1)n1ccc(C=Cc2ccco2)n1. The predicted molar refractivity (Wildman–Crippen MR) is 96.9 cm³/mol. The van der Waals surface area contributed by atoms with Crippen LogP contribution in [0.15, 0.2) is 53.4 Å². The zero-order valence-electron chi connectivity index (χ0n) is 14.1. The predicted octanol–water partition coefficient (Wildman–Crippen LogP) is 2.57. The fraction of sp³-hybridized carbons (Fsp3) is 0.211. The summed E-state index contributed by atoms with van der Waals surface area (Å²) < 4.78 is 11.9. The minimum absolute atomic E-state index is 0.219. The molecule has 132 valence electrons. The second-order valence-corrected chi connectivity index (χ2v) is 5.84. The first-order valence-corrected chi connectivity index (χ1v) is 8.40. The van der Waals surface area contributed by atoms with E-state index < -0.39 is 0 Å². The second kappa shape index (κ2) is 7.37. The molecule has 1 aliphatic heterocycles. The van der Waals surface area contributed by atoms with Crippen LogP contribution in [0.3, 0.4) is 0 Å². The third kappa shape index (κ3) is 3.57. The number of pyridine rings is 1. The van der Waals surface area contributed by atoms with Crippen molar-refractivity contribution in [3.63, 3.8) is 0 Å². The average Bonchev–Trinajstić information content (AvgIpc) is 3.38. The summed E-state index contributed by atoms with van der Waals surface area (Å²) in [5.41, 5.74) is 1.17. The molecule has 26 heavy (non-hydrogen) atoms. The summed E-state index contributed by atoms with van der Waals surface area (Å²) in [7, 11) is 0. The number of carbonyl (C=O) groups is 1.